The summed E-state index contributed by atoms with van der Waals surface area (Å²) in [5.41, 5.74) is 0. The summed E-state index contributed by atoms with van der Waals surface area (Å²) in [6.45, 7) is 2.80. The number of unbranched alkanes of at least 4 members (excludes halogenated alkanes) is 10. The summed E-state index contributed by atoms with van der Waals surface area (Å²) in [6.07, 6.45) is 15.1. The molecule has 1 heterocycles. The zero-order valence-corrected chi connectivity index (χ0v) is 15.3. The van der Waals surface area contributed by atoms with Crippen molar-refractivity contribution in [2.45, 2.75) is 102 Å². The molecule has 140 valence electrons. The summed E-state index contributed by atoms with van der Waals surface area (Å²) < 4.78 is 0. The van der Waals surface area contributed by atoms with Gasteiger partial charge in [-0.05, 0) is 12.8 Å². The number of rotatable bonds is 14. The number of carboxylic acids is 1. The quantitative estimate of drug-likeness (QED) is 0.422. The van der Waals surface area contributed by atoms with E-state index < -0.39 is 12.0 Å². The minimum Gasteiger partial charge on any atom is -0.480 e. The van der Waals surface area contributed by atoms with Gasteiger partial charge in [-0.15, -0.1) is 0 Å². The predicted octanol–water partition coefficient (Wildman–Crippen LogP) is 3.62. The van der Waals surface area contributed by atoms with Crippen molar-refractivity contribution >= 4 is 11.9 Å². The molecular formula is C19H36N2O3. The molecular weight excluding hydrogens is 304 g/mol. The lowest BCUT2D eigenvalue weighted by molar-refractivity contribution is -0.139. The van der Waals surface area contributed by atoms with Gasteiger partial charge >= 0.3 is 5.97 Å². The zero-order chi connectivity index (χ0) is 17.6. The first-order valence-electron chi connectivity index (χ1n) is 9.89. The normalized spacial score (nSPS) is 20.2. The maximum atomic E-state index is 11.8. The van der Waals surface area contributed by atoms with Gasteiger partial charge in [0.1, 0.15) is 6.04 Å². The van der Waals surface area contributed by atoms with E-state index in [4.69, 9.17) is 5.11 Å². The second-order valence-corrected chi connectivity index (χ2v) is 7.08. The van der Waals surface area contributed by atoms with E-state index in [-0.39, 0.29) is 11.9 Å². The average Bonchev–Trinajstić information content (AvgIpc) is 3.01. The van der Waals surface area contributed by atoms with Gasteiger partial charge in [-0.3, -0.25) is 9.59 Å². The van der Waals surface area contributed by atoms with E-state index in [1.807, 2.05) is 0 Å². The predicted molar refractivity (Wildman–Crippen MR) is 97.1 cm³/mol. The Morgan fingerprint density at radius 3 is 2.00 bits per heavy atom. The van der Waals surface area contributed by atoms with Gasteiger partial charge in [0.2, 0.25) is 5.91 Å². The second kappa shape index (κ2) is 13.2. The van der Waals surface area contributed by atoms with Crippen molar-refractivity contribution in [1.29, 1.82) is 0 Å². The highest BCUT2D eigenvalue weighted by molar-refractivity contribution is 5.77. The first kappa shape index (κ1) is 20.9. The monoisotopic (exact) mass is 340 g/mol. The fourth-order valence-electron chi connectivity index (χ4n) is 3.28. The molecule has 5 nitrogen and oxygen atoms in total. The van der Waals surface area contributed by atoms with Crippen LogP contribution in [0.3, 0.4) is 0 Å². The van der Waals surface area contributed by atoms with E-state index in [9.17, 15) is 9.59 Å². The van der Waals surface area contributed by atoms with E-state index in [2.05, 4.69) is 17.6 Å². The standard InChI is InChI=1S/C19H36N2O3/c1-2-3-4-5-6-7-8-9-10-11-12-13-18(22)21-16-14-17(19(23)24)20-15-16/h16-17,20H,2-15H2,1H3,(H,21,22)(H,23,24)/t16-,17+/m1/s1. The Kier molecular flexibility index (Phi) is 11.5. The number of aliphatic carboxylic acids is 1. The molecule has 0 aromatic rings. The lowest BCUT2D eigenvalue weighted by Crippen LogP contribution is -2.35. The van der Waals surface area contributed by atoms with Crippen LogP contribution in [0.2, 0.25) is 0 Å². The van der Waals surface area contributed by atoms with Crippen molar-refractivity contribution in [3.05, 3.63) is 0 Å². The Balaban J connectivity index is 1.87. The summed E-state index contributed by atoms with van der Waals surface area (Å²) in [5.74, 6) is -0.777. The Morgan fingerprint density at radius 2 is 1.50 bits per heavy atom. The molecule has 3 N–H and O–H groups in total. The molecule has 1 fully saturated rings. The van der Waals surface area contributed by atoms with Crippen LogP contribution < -0.4 is 10.6 Å². The van der Waals surface area contributed by atoms with Crippen LogP contribution in [0, 0.1) is 0 Å². The fraction of sp³-hybridized carbons (Fsp3) is 0.895. The fourth-order valence-corrected chi connectivity index (χ4v) is 3.28. The van der Waals surface area contributed by atoms with Crippen LogP contribution in [0.15, 0.2) is 0 Å². The first-order valence-corrected chi connectivity index (χ1v) is 9.89. The van der Waals surface area contributed by atoms with E-state index in [1.54, 1.807) is 0 Å². The van der Waals surface area contributed by atoms with Crippen LogP contribution in [-0.4, -0.2) is 35.6 Å². The third kappa shape index (κ3) is 9.91. The number of hydrogen-bond donors (Lipinski definition) is 3. The molecule has 0 aliphatic carbocycles. The number of carbonyl (C=O) groups excluding carboxylic acids is 1. The van der Waals surface area contributed by atoms with Crippen molar-refractivity contribution in [1.82, 2.24) is 10.6 Å². The van der Waals surface area contributed by atoms with Crippen LogP contribution in [-0.2, 0) is 9.59 Å². The van der Waals surface area contributed by atoms with E-state index in [0.29, 0.717) is 19.4 Å². The van der Waals surface area contributed by atoms with E-state index >= 15 is 0 Å². The van der Waals surface area contributed by atoms with Crippen molar-refractivity contribution in [3.8, 4) is 0 Å². The van der Waals surface area contributed by atoms with Gasteiger partial charge in [0, 0.05) is 19.0 Å². The number of nitrogens with one attached hydrogen (secondary N) is 2. The smallest absolute Gasteiger partial charge is 0.320 e. The first-order chi connectivity index (χ1) is 11.6. The van der Waals surface area contributed by atoms with Crippen molar-refractivity contribution in [2.75, 3.05) is 6.54 Å². The van der Waals surface area contributed by atoms with Gasteiger partial charge in [0.05, 0.1) is 0 Å². The molecule has 1 aliphatic heterocycles. The van der Waals surface area contributed by atoms with Gasteiger partial charge < -0.3 is 15.7 Å². The topological polar surface area (TPSA) is 78.4 Å². The van der Waals surface area contributed by atoms with E-state index in [1.165, 1.54) is 57.8 Å². The summed E-state index contributed by atoms with van der Waals surface area (Å²) in [5, 5.41) is 14.7. The molecule has 0 unspecified atom stereocenters. The molecule has 1 saturated heterocycles. The number of hydrogen-bond acceptors (Lipinski definition) is 3. The molecule has 5 heteroatoms. The van der Waals surface area contributed by atoms with Gasteiger partial charge in [-0.1, -0.05) is 71.1 Å². The van der Waals surface area contributed by atoms with Gasteiger partial charge in [0.25, 0.3) is 0 Å². The van der Waals surface area contributed by atoms with E-state index in [0.717, 1.165) is 12.8 Å². The largest absolute Gasteiger partial charge is 0.480 e. The van der Waals surface area contributed by atoms with Gasteiger partial charge in [-0.25, -0.2) is 0 Å². The van der Waals surface area contributed by atoms with Crippen LogP contribution in [0.1, 0.15) is 90.4 Å². The molecule has 1 amide bonds. The number of amides is 1. The summed E-state index contributed by atoms with van der Waals surface area (Å²) in [6, 6.07) is -0.552. The van der Waals surface area contributed by atoms with Crippen LogP contribution in [0.4, 0.5) is 0 Å². The molecule has 0 saturated carbocycles. The Labute approximate surface area is 147 Å². The van der Waals surface area contributed by atoms with Crippen molar-refractivity contribution in [2.24, 2.45) is 0 Å². The lowest BCUT2D eigenvalue weighted by Gasteiger charge is -2.11. The molecule has 1 rings (SSSR count). The third-order valence-electron chi connectivity index (χ3n) is 4.80. The van der Waals surface area contributed by atoms with Crippen molar-refractivity contribution < 1.29 is 14.7 Å². The highest BCUT2D eigenvalue weighted by atomic mass is 16.4. The molecule has 0 radical (unpaired) electrons. The zero-order valence-electron chi connectivity index (χ0n) is 15.3. The van der Waals surface area contributed by atoms with Gasteiger partial charge in [0.15, 0.2) is 0 Å². The highest BCUT2D eigenvalue weighted by Crippen LogP contribution is 2.12. The molecule has 0 bridgehead atoms. The highest BCUT2D eigenvalue weighted by Gasteiger charge is 2.29. The molecule has 24 heavy (non-hydrogen) atoms. The van der Waals surface area contributed by atoms with Gasteiger partial charge in [-0.2, -0.15) is 0 Å². The van der Waals surface area contributed by atoms with Crippen molar-refractivity contribution in [3.63, 3.8) is 0 Å². The molecule has 2 atom stereocenters. The maximum Gasteiger partial charge on any atom is 0.320 e. The third-order valence-corrected chi connectivity index (χ3v) is 4.80. The minimum atomic E-state index is -0.836. The Bertz CT molecular complexity index is 361. The minimum absolute atomic E-state index is 0.0358. The summed E-state index contributed by atoms with van der Waals surface area (Å²) >= 11 is 0. The Morgan fingerprint density at radius 1 is 0.958 bits per heavy atom. The van der Waals surface area contributed by atoms with Crippen LogP contribution in [0.25, 0.3) is 0 Å². The number of carboxylic acid groups (broad SMARTS) is 1. The molecule has 0 aromatic heterocycles. The number of carbonyl (C=O) groups is 2. The SMILES string of the molecule is CCCCCCCCCCCCCC(=O)N[C@H]1CN[C@H](C(=O)O)C1. The average molecular weight is 341 g/mol. The molecule has 0 spiro atoms. The molecule has 1 aliphatic rings. The maximum absolute atomic E-state index is 11.8. The molecule has 0 aromatic carbocycles. The summed E-state index contributed by atoms with van der Waals surface area (Å²) in [4.78, 5) is 22.7. The Hall–Kier alpha value is -1.10. The van der Waals surface area contributed by atoms with Crippen LogP contribution in [0.5, 0.6) is 0 Å². The second-order valence-electron chi connectivity index (χ2n) is 7.08. The van der Waals surface area contributed by atoms with Crippen LogP contribution >= 0.6 is 0 Å². The summed E-state index contributed by atoms with van der Waals surface area (Å²) in [7, 11) is 0. The lowest BCUT2D eigenvalue weighted by atomic mass is 10.1.